The van der Waals surface area contributed by atoms with Crippen LogP contribution in [0.4, 0.5) is 39.5 Å². The molecule has 0 radical (unpaired) electrons. The molecule has 3 aromatic rings. The largest absolute Gasteiger partial charge is 0.647 e. The summed E-state index contributed by atoms with van der Waals surface area (Å²) in [5.41, 5.74) is -2.82. The Morgan fingerprint density at radius 1 is 0.432 bits per heavy atom. The van der Waals surface area contributed by atoms with Gasteiger partial charge in [-0.25, -0.2) is 39.5 Å². The van der Waals surface area contributed by atoms with Crippen molar-refractivity contribution in [1.82, 2.24) is 0 Å². The third kappa shape index (κ3) is 6.11. The van der Waals surface area contributed by atoms with E-state index in [1.165, 1.54) is 18.2 Å². The van der Waals surface area contributed by atoms with Crippen molar-refractivity contribution in [3.05, 3.63) is 108 Å². The summed E-state index contributed by atoms with van der Waals surface area (Å²) in [6.45, 7) is 0. The van der Waals surface area contributed by atoms with Crippen molar-refractivity contribution in [2.24, 2.45) is 0 Å². The second-order valence-corrected chi connectivity index (χ2v) is 7.58. The van der Waals surface area contributed by atoms with Crippen molar-refractivity contribution in [2.75, 3.05) is 0 Å². The number of halogens is 9. The molecule has 13 heteroatoms. The van der Waals surface area contributed by atoms with Gasteiger partial charge in [0.05, 0.1) is 0 Å². The predicted molar refractivity (Wildman–Crippen MR) is 115 cm³/mol. The van der Waals surface area contributed by atoms with Gasteiger partial charge in [-0.1, -0.05) is 91.0 Å². The molecule has 0 amide bonds. The Morgan fingerprint density at radius 2 is 0.649 bits per heavy atom. The van der Waals surface area contributed by atoms with Gasteiger partial charge in [-0.15, -0.1) is 0 Å². The summed E-state index contributed by atoms with van der Waals surface area (Å²) in [6.07, 6.45) is -12.3. The molecule has 0 spiro atoms. The van der Waals surface area contributed by atoms with E-state index in [9.17, 15) is 26.3 Å². The average molecular weight is 536 g/mol. The molecule has 0 bridgehead atoms. The minimum Gasteiger partial charge on any atom is -0.345 e. The first kappa shape index (κ1) is 28.5. The fraction of sp³-hybridized carbons (Fsp3) is 0.250. The SMILES string of the molecule is FC(F)C(F)(OB(OC(F)(c1ccccc1)C(F)F)OC(F)(c1ccccc1)C(F)F)c1ccccc1. The van der Waals surface area contributed by atoms with E-state index in [0.29, 0.717) is 0 Å². The van der Waals surface area contributed by atoms with Gasteiger partial charge in [-0.3, -0.25) is 0 Å². The molecule has 0 aliphatic rings. The summed E-state index contributed by atoms with van der Waals surface area (Å²) in [4.78, 5) is 0. The molecule has 0 heterocycles. The van der Waals surface area contributed by atoms with Crippen LogP contribution in [0.25, 0.3) is 0 Å². The lowest BCUT2D eigenvalue weighted by molar-refractivity contribution is -0.265. The maximum Gasteiger partial charge on any atom is 0.647 e. The van der Waals surface area contributed by atoms with Crippen LogP contribution in [0.1, 0.15) is 16.7 Å². The van der Waals surface area contributed by atoms with E-state index in [1.54, 1.807) is 0 Å². The van der Waals surface area contributed by atoms with Gasteiger partial charge >= 0.3 is 7.32 Å². The van der Waals surface area contributed by atoms with E-state index in [0.717, 1.165) is 72.8 Å². The van der Waals surface area contributed by atoms with Gasteiger partial charge in [0.1, 0.15) is 0 Å². The molecular formula is C24H18BF9O3. The summed E-state index contributed by atoms with van der Waals surface area (Å²) in [5, 5.41) is 0. The van der Waals surface area contributed by atoms with Crippen molar-refractivity contribution in [1.29, 1.82) is 0 Å². The Labute approximate surface area is 205 Å². The molecule has 0 N–H and O–H groups in total. The molecule has 3 nitrogen and oxygen atoms in total. The molecule has 0 saturated carbocycles. The van der Waals surface area contributed by atoms with Crippen LogP contribution in [0, 0.1) is 0 Å². The van der Waals surface area contributed by atoms with Crippen molar-refractivity contribution in [3.8, 4) is 0 Å². The van der Waals surface area contributed by atoms with Gasteiger partial charge in [-0.05, 0) is 0 Å². The Balaban J connectivity index is 2.11. The summed E-state index contributed by atoms with van der Waals surface area (Å²) in [6, 6.07) is 15.2. The van der Waals surface area contributed by atoms with E-state index >= 15 is 13.2 Å². The average Bonchev–Trinajstić information content (AvgIpc) is 2.89. The molecule has 0 fully saturated rings. The molecule has 3 rings (SSSR count). The number of benzene rings is 3. The van der Waals surface area contributed by atoms with E-state index in [2.05, 4.69) is 14.0 Å². The topological polar surface area (TPSA) is 27.7 Å². The number of alkyl halides is 9. The number of hydrogen-bond acceptors (Lipinski definition) is 3. The van der Waals surface area contributed by atoms with Gasteiger partial charge in [0.15, 0.2) is 0 Å². The first-order chi connectivity index (χ1) is 17.4. The maximum atomic E-state index is 15.5. The fourth-order valence-electron chi connectivity index (χ4n) is 3.22. The Bertz CT molecular complexity index is 973. The summed E-state index contributed by atoms with van der Waals surface area (Å²) < 4.78 is 143. The third-order valence-electron chi connectivity index (χ3n) is 5.15. The lowest BCUT2D eigenvalue weighted by atomic mass is 10.0. The second-order valence-electron chi connectivity index (χ2n) is 7.58. The van der Waals surface area contributed by atoms with Crippen LogP contribution in [0.3, 0.4) is 0 Å². The van der Waals surface area contributed by atoms with Gasteiger partial charge < -0.3 is 14.0 Å². The minimum absolute atomic E-state index is 0.781. The molecule has 198 valence electrons. The fourth-order valence-corrected chi connectivity index (χ4v) is 3.22. The summed E-state index contributed by atoms with van der Waals surface area (Å²) in [7, 11) is -3.49. The highest BCUT2D eigenvalue weighted by Gasteiger charge is 2.58. The van der Waals surface area contributed by atoms with Crippen LogP contribution in [0.5, 0.6) is 0 Å². The first-order valence-electron chi connectivity index (χ1n) is 10.5. The lowest BCUT2D eigenvalue weighted by Gasteiger charge is -2.35. The molecule has 0 aromatic heterocycles. The molecule has 0 aliphatic carbocycles. The predicted octanol–water partition coefficient (Wildman–Crippen LogP) is 7.28. The van der Waals surface area contributed by atoms with Crippen LogP contribution in [0.15, 0.2) is 91.0 Å². The van der Waals surface area contributed by atoms with Gasteiger partial charge in [0.25, 0.3) is 36.8 Å². The molecule has 0 aliphatic heterocycles. The Hall–Kier alpha value is -3.03. The Kier molecular flexibility index (Phi) is 8.93. The summed E-state index contributed by atoms with van der Waals surface area (Å²) in [5.74, 6) is -12.9. The summed E-state index contributed by atoms with van der Waals surface area (Å²) >= 11 is 0. The minimum atomic E-state index is -4.29. The zero-order valence-electron chi connectivity index (χ0n) is 18.6. The molecule has 0 saturated heterocycles. The highest BCUT2D eigenvalue weighted by Crippen LogP contribution is 2.43. The Morgan fingerprint density at radius 3 is 0.838 bits per heavy atom. The van der Waals surface area contributed by atoms with Crippen molar-refractivity contribution in [2.45, 2.75) is 36.8 Å². The van der Waals surface area contributed by atoms with E-state index in [1.807, 2.05) is 0 Å². The van der Waals surface area contributed by atoms with E-state index < -0.39 is 60.9 Å². The third-order valence-corrected chi connectivity index (χ3v) is 5.15. The number of rotatable bonds is 12. The molecular weight excluding hydrogens is 518 g/mol. The normalized spacial score (nSPS) is 16.9. The maximum absolute atomic E-state index is 15.5. The zero-order valence-corrected chi connectivity index (χ0v) is 18.6. The smallest absolute Gasteiger partial charge is 0.345 e. The van der Waals surface area contributed by atoms with Gasteiger partial charge in [0.2, 0.25) is 0 Å². The van der Waals surface area contributed by atoms with Crippen LogP contribution in [0.2, 0.25) is 0 Å². The molecule has 3 unspecified atom stereocenters. The van der Waals surface area contributed by atoms with E-state index in [4.69, 9.17) is 0 Å². The van der Waals surface area contributed by atoms with Crippen molar-refractivity contribution < 1.29 is 53.5 Å². The zero-order chi connectivity index (χ0) is 27.3. The first-order valence-corrected chi connectivity index (χ1v) is 10.5. The van der Waals surface area contributed by atoms with Gasteiger partial charge in [-0.2, -0.15) is 0 Å². The standard InChI is InChI=1S/C24H18BF9O3/c26-19(27)22(32,16-10-4-1-5-11-16)35-25(36-23(33,20(28)29)17-12-6-2-7-13-17)37-24(34,21(30)31)18-14-8-3-9-15-18/h1-15,19-21H. The quantitative estimate of drug-likeness (QED) is 0.180. The molecule has 3 atom stereocenters. The van der Waals surface area contributed by atoms with Crippen molar-refractivity contribution >= 4 is 7.32 Å². The van der Waals surface area contributed by atoms with Crippen LogP contribution >= 0.6 is 0 Å². The highest BCUT2D eigenvalue weighted by atomic mass is 19.3. The van der Waals surface area contributed by atoms with Crippen LogP contribution in [-0.4, -0.2) is 26.6 Å². The molecule has 3 aromatic carbocycles. The second kappa shape index (κ2) is 11.6. The van der Waals surface area contributed by atoms with Crippen LogP contribution in [-0.2, 0) is 31.5 Å². The lowest BCUT2D eigenvalue weighted by Crippen LogP contribution is -2.51. The molecule has 37 heavy (non-hydrogen) atoms. The van der Waals surface area contributed by atoms with E-state index in [-0.39, 0.29) is 0 Å². The highest BCUT2D eigenvalue weighted by molar-refractivity contribution is 6.36. The van der Waals surface area contributed by atoms with Gasteiger partial charge in [0, 0.05) is 16.7 Å². The number of hydrogen-bond donors (Lipinski definition) is 0. The van der Waals surface area contributed by atoms with Crippen molar-refractivity contribution in [3.63, 3.8) is 0 Å². The monoisotopic (exact) mass is 536 g/mol. The van der Waals surface area contributed by atoms with Crippen LogP contribution < -0.4 is 0 Å².